The largest absolute Gasteiger partial charge is 0.369 e. The van der Waals surface area contributed by atoms with E-state index in [9.17, 15) is 4.79 Å². The molecule has 0 aliphatic carbocycles. The Hall–Kier alpha value is -1.85. The first-order valence-corrected chi connectivity index (χ1v) is 8.67. The van der Waals surface area contributed by atoms with Gasteiger partial charge in [0.2, 0.25) is 5.91 Å². The second-order valence-electron chi connectivity index (χ2n) is 6.51. The maximum absolute atomic E-state index is 13.2. The van der Waals surface area contributed by atoms with Gasteiger partial charge in [-0.05, 0) is 30.0 Å². The first kappa shape index (κ1) is 15.7. The summed E-state index contributed by atoms with van der Waals surface area (Å²) in [5, 5.41) is 0.739. The maximum Gasteiger partial charge on any atom is 0.229 e. The van der Waals surface area contributed by atoms with Crippen LogP contribution in [0.3, 0.4) is 0 Å². The minimum absolute atomic E-state index is 0.134. The van der Waals surface area contributed by atoms with Crippen molar-refractivity contribution in [3.8, 4) is 0 Å². The second-order valence-corrected chi connectivity index (χ2v) is 6.92. The molecule has 2 aromatic rings. The summed E-state index contributed by atoms with van der Waals surface area (Å²) in [5.74, 6) is 0.769. The van der Waals surface area contributed by atoms with Crippen molar-refractivity contribution in [3.63, 3.8) is 0 Å². The van der Waals surface area contributed by atoms with Gasteiger partial charge in [0.1, 0.15) is 11.9 Å². The summed E-state index contributed by atoms with van der Waals surface area (Å²) < 4.78 is 7.88. The predicted molar refractivity (Wildman–Crippen MR) is 90.3 cm³/mol. The number of carbonyl (C=O) groups excluding carboxylic acids is 1. The molecule has 126 valence electrons. The third-order valence-electron chi connectivity index (χ3n) is 4.99. The van der Waals surface area contributed by atoms with Crippen molar-refractivity contribution in [2.24, 2.45) is 13.0 Å². The quantitative estimate of drug-likeness (QED) is 0.840. The lowest BCUT2D eigenvalue weighted by Gasteiger charge is -2.33. The molecule has 0 saturated carbocycles. The number of aromatic nitrogens is 2. The van der Waals surface area contributed by atoms with Gasteiger partial charge in [-0.2, -0.15) is 0 Å². The van der Waals surface area contributed by atoms with E-state index in [0.29, 0.717) is 19.7 Å². The van der Waals surface area contributed by atoms with E-state index in [-0.39, 0.29) is 17.9 Å². The average Bonchev–Trinajstić information content (AvgIpc) is 3.21. The Labute approximate surface area is 146 Å². The highest BCUT2D eigenvalue weighted by atomic mass is 35.5. The zero-order valence-electron chi connectivity index (χ0n) is 13.6. The molecular weight excluding hydrogens is 326 g/mol. The molecule has 1 aromatic heterocycles. The summed E-state index contributed by atoms with van der Waals surface area (Å²) in [7, 11) is 1.94. The normalized spacial score (nSPS) is 23.3. The van der Waals surface area contributed by atoms with Crippen LogP contribution in [0.2, 0.25) is 5.02 Å². The molecule has 0 radical (unpaired) electrons. The number of hydrogen-bond donors (Lipinski definition) is 0. The minimum Gasteiger partial charge on any atom is -0.369 e. The fourth-order valence-corrected chi connectivity index (χ4v) is 3.96. The molecule has 0 spiro atoms. The van der Waals surface area contributed by atoms with Gasteiger partial charge < -0.3 is 14.2 Å². The van der Waals surface area contributed by atoms with Gasteiger partial charge in [0.25, 0.3) is 0 Å². The number of hydrogen-bond acceptors (Lipinski definition) is 3. The summed E-state index contributed by atoms with van der Waals surface area (Å²) in [6.45, 7) is 1.88. The zero-order chi connectivity index (χ0) is 16.7. The van der Waals surface area contributed by atoms with E-state index in [1.54, 1.807) is 6.20 Å². The molecule has 3 heterocycles. The van der Waals surface area contributed by atoms with Gasteiger partial charge in [-0.1, -0.05) is 23.7 Å². The van der Waals surface area contributed by atoms with E-state index in [4.69, 9.17) is 16.3 Å². The minimum atomic E-state index is -0.273. The van der Waals surface area contributed by atoms with Crippen molar-refractivity contribution in [3.05, 3.63) is 52.6 Å². The fraction of sp³-hybridized carbons (Fsp3) is 0.444. The number of carbonyl (C=O) groups is 1. The average molecular weight is 346 g/mol. The molecule has 1 aromatic carbocycles. The van der Waals surface area contributed by atoms with Crippen LogP contribution in [0.25, 0.3) is 0 Å². The number of rotatable bonds is 2. The third-order valence-corrected chi connectivity index (χ3v) is 5.34. The number of fused-ring (bicyclic) bond motifs is 1. The Morgan fingerprint density at radius 1 is 1.38 bits per heavy atom. The van der Waals surface area contributed by atoms with Crippen LogP contribution >= 0.6 is 11.6 Å². The van der Waals surface area contributed by atoms with Crippen LogP contribution in [-0.2, 0) is 29.7 Å². The Bertz CT molecular complexity index is 773. The Morgan fingerprint density at radius 2 is 2.25 bits per heavy atom. The molecule has 1 fully saturated rings. The number of ether oxygens (including phenoxy) is 1. The van der Waals surface area contributed by atoms with Gasteiger partial charge >= 0.3 is 0 Å². The lowest BCUT2D eigenvalue weighted by molar-refractivity contribution is -0.146. The molecule has 1 saturated heterocycles. The van der Waals surface area contributed by atoms with Crippen molar-refractivity contribution in [2.45, 2.75) is 32.0 Å². The van der Waals surface area contributed by atoms with Crippen LogP contribution in [-0.4, -0.2) is 27.0 Å². The predicted octanol–water partition coefficient (Wildman–Crippen LogP) is 3.08. The van der Waals surface area contributed by atoms with Crippen LogP contribution in [0.4, 0.5) is 0 Å². The van der Waals surface area contributed by atoms with Gasteiger partial charge in [-0.3, -0.25) is 4.79 Å². The number of nitrogens with zero attached hydrogens (tertiary/aromatic N) is 3. The lowest BCUT2D eigenvalue weighted by atomic mass is 9.92. The second kappa shape index (κ2) is 6.22. The molecule has 5 nitrogen and oxygen atoms in total. The van der Waals surface area contributed by atoms with Crippen LogP contribution < -0.4 is 0 Å². The Balaban J connectivity index is 1.57. The van der Waals surface area contributed by atoms with E-state index < -0.39 is 0 Å². The number of aryl methyl sites for hydroxylation is 1. The van der Waals surface area contributed by atoms with E-state index >= 15 is 0 Å². The number of amides is 1. The molecular formula is C18H20ClN3O2. The van der Waals surface area contributed by atoms with Crippen molar-refractivity contribution in [1.82, 2.24) is 14.5 Å². The van der Waals surface area contributed by atoms with Gasteiger partial charge in [0, 0.05) is 44.2 Å². The van der Waals surface area contributed by atoms with Crippen LogP contribution in [0, 0.1) is 5.92 Å². The van der Waals surface area contributed by atoms with Gasteiger partial charge in [-0.15, -0.1) is 0 Å². The Morgan fingerprint density at radius 3 is 3.00 bits per heavy atom. The molecule has 0 N–H and O–H groups in total. The van der Waals surface area contributed by atoms with Gasteiger partial charge in [0.05, 0.1) is 5.92 Å². The van der Waals surface area contributed by atoms with Crippen molar-refractivity contribution < 1.29 is 9.53 Å². The highest BCUT2D eigenvalue weighted by Crippen LogP contribution is 2.37. The summed E-state index contributed by atoms with van der Waals surface area (Å²) in [5.41, 5.74) is 2.21. The molecule has 0 unspecified atom stereocenters. The SMILES string of the molecule is Cn1ccnc1[C@@H]1OCCC[C@H]1C(=O)N1Cc2cccc(Cl)c2C1. The summed E-state index contributed by atoms with van der Waals surface area (Å²) in [4.78, 5) is 19.5. The molecule has 2 aliphatic rings. The van der Waals surface area contributed by atoms with Gasteiger partial charge in [0.15, 0.2) is 0 Å². The highest BCUT2D eigenvalue weighted by molar-refractivity contribution is 6.31. The van der Waals surface area contributed by atoms with Crippen molar-refractivity contribution >= 4 is 17.5 Å². The molecule has 4 rings (SSSR count). The van der Waals surface area contributed by atoms with E-state index in [2.05, 4.69) is 4.98 Å². The molecule has 2 aliphatic heterocycles. The summed E-state index contributed by atoms with van der Waals surface area (Å²) in [6.07, 6.45) is 5.10. The number of benzene rings is 1. The number of imidazole rings is 1. The third kappa shape index (κ3) is 2.62. The smallest absolute Gasteiger partial charge is 0.229 e. The van der Waals surface area contributed by atoms with E-state index in [1.165, 1.54) is 0 Å². The standard InChI is InChI=1S/C18H20ClN3O2/c1-21-8-7-20-17(21)16-13(5-3-9-24-16)18(23)22-10-12-4-2-6-15(19)14(12)11-22/h2,4,6-8,13,16H,3,5,9-11H2,1H3/t13-,16-/m1/s1. The topological polar surface area (TPSA) is 47.4 Å². The molecule has 0 bridgehead atoms. The van der Waals surface area contributed by atoms with E-state index in [0.717, 1.165) is 34.8 Å². The highest BCUT2D eigenvalue weighted by Gasteiger charge is 2.39. The maximum atomic E-state index is 13.2. The lowest BCUT2D eigenvalue weighted by Crippen LogP contribution is -2.39. The fourth-order valence-electron chi connectivity index (χ4n) is 3.71. The number of halogens is 1. The first-order chi connectivity index (χ1) is 11.6. The molecule has 6 heteroatoms. The Kier molecular flexibility index (Phi) is 4.06. The van der Waals surface area contributed by atoms with Crippen molar-refractivity contribution in [2.75, 3.05) is 6.61 Å². The van der Waals surface area contributed by atoms with Gasteiger partial charge in [-0.25, -0.2) is 4.98 Å². The first-order valence-electron chi connectivity index (χ1n) is 8.29. The van der Waals surface area contributed by atoms with Crippen LogP contribution in [0.5, 0.6) is 0 Å². The summed E-state index contributed by atoms with van der Waals surface area (Å²) >= 11 is 6.28. The molecule has 1 amide bonds. The zero-order valence-corrected chi connectivity index (χ0v) is 14.4. The van der Waals surface area contributed by atoms with E-state index in [1.807, 2.05) is 40.9 Å². The molecule has 2 atom stereocenters. The van der Waals surface area contributed by atoms with Crippen LogP contribution in [0.1, 0.15) is 35.9 Å². The van der Waals surface area contributed by atoms with Crippen LogP contribution in [0.15, 0.2) is 30.6 Å². The van der Waals surface area contributed by atoms with Crippen molar-refractivity contribution in [1.29, 1.82) is 0 Å². The molecule has 24 heavy (non-hydrogen) atoms. The summed E-state index contributed by atoms with van der Waals surface area (Å²) in [6, 6.07) is 5.87. The monoisotopic (exact) mass is 345 g/mol.